The fraction of sp³-hybridized carbons (Fsp3) is 0.385. The number of hydrogen-bond donors (Lipinski definition) is 1. The fourth-order valence-electron chi connectivity index (χ4n) is 5.38. The van der Waals surface area contributed by atoms with Crippen molar-refractivity contribution in [3.05, 3.63) is 63.0 Å². The molecule has 7 nitrogen and oxygen atoms in total. The quantitative estimate of drug-likeness (QED) is 0.428. The van der Waals surface area contributed by atoms with E-state index in [1.807, 2.05) is 48.4 Å². The van der Waals surface area contributed by atoms with Gasteiger partial charge in [-0.15, -0.1) is 22.7 Å². The highest BCUT2D eigenvalue weighted by molar-refractivity contribution is 7.17. The van der Waals surface area contributed by atoms with E-state index in [2.05, 4.69) is 34.3 Å². The monoisotopic (exact) mass is 505 g/mol. The molecule has 1 N–H and O–H groups in total. The maximum Gasteiger partial charge on any atom is 0.274 e. The van der Waals surface area contributed by atoms with Gasteiger partial charge in [0.2, 0.25) is 0 Å². The molecule has 1 aliphatic carbocycles. The predicted octanol–water partition coefficient (Wildman–Crippen LogP) is 4.64. The van der Waals surface area contributed by atoms with Gasteiger partial charge >= 0.3 is 0 Å². The predicted molar refractivity (Wildman–Crippen MR) is 138 cm³/mol. The van der Waals surface area contributed by atoms with Crippen LogP contribution in [0, 0.1) is 39.5 Å². The molecule has 0 bridgehead atoms. The van der Waals surface area contributed by atoms with Crippen LogP contribution in [0.2, 0.25) is 0 Å². The molecule has 2 aliphatic rings. The van der Waals surface area contributed by atoms with Crippen molar-refractivity contribution in [1.29, 1.82) is 0 Å². The van der Waals surface area contributed by atoms with Crippen molar-refractivity contribution in [3.8, 4) is 10.4 Å². The number of carbonyl (C=O) groups is 2. The molecule has 4 heterocycles. The second-order valence-corrected chi connectivity index (χ2v) is 12.1. The molecule has 9 heteroatoms. The summed E-state index contributed by atoms with van der Waals surface area (Å²) in [6, 6.07) is 8.19. The molecular formula is C26H27N5O2S2. The average molecular weight is 506 g/mol. The van der Waals surface area contributed by atoms with E-state index in [0.717, 1.165) is 49.5 Å². The Labute approximate surface area is 211 Å². The Morgan fingerprint density at radius 2 is 1.97 bits per heavy atom. The van der Waals surface area contributed by atoms with Crippen LogP contribution in [0.3, 0.4) is 0 Å². The number of amides is 2. The molecule has 2 amide bonds. The summed E-state index contributed by atoms with van der Waals surface area (Å²) in [5.41, 5.74) is 4.00. The highest BCUT2D eigenvalue weighted by Crippen LogP contribution is 2.50. The molecule has 180 valence electrons. The molecule has 0 spiro atoms. The Morgan fingerprint density at radius 3 is 2.77 bits per heavy atom. The zero-order valence-corrected chi connectivity index (χ0v) is 21.8. The van der Waals surface area contributed by atoms with Gasteiger partial charge in [0.25, 0.3) is 11.8 Å². The number of imidazole rings is 1. The summed E-state index contributed by atoms with van der Waals surface area (Å²) in [5.74, 6) is 0.783. The maximum atomic E-state index is 13.8. The van der Waals surface area contributed by atoms with Crippen molar-refractivity contribution >= 4 is 39.4 Å². The fourth-order valence-corrected chi connectivity index (χ4v) is 7.15. The van der Waals surface area contributed by atoms with Gasteiger partial charge in [-0.2, -0.15) is 0 Å². The molecule has 35 heavy (non-hydrogen) atoms. The summed E-state index contributed by atoms with van der Waals surface area (Å²) in [6.07, 6.45) is 3.07. The molecule has 0 radical (unpaired) electrons. The number of carbonyl (C=O) groups excluding carboxylic acids is 2. The average Bonchev–Trinajstić information content (AvgIpc) is 3.07. The van der Waals surface area contributed by atoms with E-state index in [0.29, 0.717) is 29.8 Å². The SMILES string of the molecule is Cc1cccc(-c2sc(C)nc2C(=O)N2C[C@@H]3C[C@@H]3[C@H]2CNC(=O)c2c(C)nc3sc(C)cn23)c1. The van der Waals surface area contributed by atoms with Crippen LogP contribution >= 0.6 is 22.7 Å². The molecule has 0 unspecified atom stereocenters. The second-order valence-electron chi connectivity index (χ2n) is 9.71. The van der Waals surface area contributed by atoms with E-state index in [1.54, 1.807) is 22.7 Å². The van der Waals surface area contributed by atoms with Gasteiger partial charge in [-0.3, -0.25) is 14.0 Å². The molecule has 3 atom stereocenters. The number of nitrogens with zero attached hydrogens (tertiary/aromatic N) is 4. The first-order valence-corrected chi connectivity index (χ1v) is 13.5. The molecule has 1 aromatic carbocycles. The lowest BCUT2D eigenvalue weighted by Crippen LogP contribution is -2.46. The third-order valence-corrected chi connectivity index (χ3v) is 9.00. The summed E-state index contributed by atoms with van der Waals surface area (Å²) in [6.45, 7) is 9.04. The number of likely N-dealkylation sites (tertiary alicyclic amines) is 1. The van der Waals surface area contributed by atoms with E-state index >= 15 is 0 Å². The Balaban J connectivity index is 1.24. The first kappa shape index (κ1) is 22.4. The Kier molecular flexibility index (Phi) is 5.30. The molecule has 2 fully saturated rings. The molecule has 1 saturated carbocycles. The van der Waals surface area contributed by atoms with Gasteiger partial charge in [0.1, 0.15) is 11.4 Å². The minimum absolute atomic E-state index is 0.0169. The van der Waals surface area contributed by atoms with Crippen molar-refractivity contribution in [2.45, 2.75) is 40.2 Å². The lowest BCUT2D eigenvalue weighted by Gasteiger charge is -2.27. The topological polar surface area (TPSA) is 79.6 Å². The summed E-state index contributed by atoms with van der Waals surface area (Å²) in [5, 5.41) is 3.99. The van der Waals surface area contributed by atoms with Gasteiger partial charge in [-0.25, -0.2) is 9.97 Å². The van der Waals surface area contributed by atoms with E-state index in [1.165, 1.54) is 0 Å². The van der Waals surface area contributed by atoms with Gasteiger partial charge in [0, 0.05) is 24.2 Å². The molecule has 3 aromatic heterocycles. The summed E-state index contributed by atoms with van der Waals surface area (Å²) in [4.78, 5) is 40.9. The van der Waals surface area contributed by atoms with E-state index < -0.39 is 0 Å². The minimum Gasteiger partial charge on any atom is -0.349 e. The van der Waals surface area contributed by atoms with Crippen LogP contribution in [-0.4, -0.2) is 50.2 Å². The minimum atomic E-state index is -0.144. The lowest BCUT2D eigenvalue weighted by molar-refractivity contribution is 0.0690. The number of piperidine rings is 1. The summed E-state index contributed by atoms with van der Waals surface area (Å²) >= 11 is 3.13. The molecular weight excluding hydrogens is 478 g/mol. The van der Waals surface area contributed by atoms with E-state index in [9.17, 15) is 9.59 Å². The third-order valence-electron chi connectivity index (χ3n) is 7.08. The Morgan fingerprint density at radius 1 is 1.14 bits per heavy atom. The molecule has 1 saturated heterocycles. The van der Waals surface area contributed by atoms with Crippen LogP contribution in [-0.2, 0) is 0 Å². The van der Waals surface area contributed by atoms with Crippen molar-refractivity contribution in [2.24, 2.45) is 11.8 Å². The van der Waals surface area contributed by atoms with Crippen molar-refractivity contribution in [1.82, 2.24) is 24.6 Å². The first-order valence-electron chi connectivity index (χ1n) is 11.9. The number of aromatic nitrogens is 3. The van der Waals surface area contributed by atoms with Gasteiger partial charge in [0.15, 0.2) is 4.96 Å². The Bertz CT molecular complexity index is 1480. The van der Waals surface area contributed by atoms with E-state index in [4.69, 9.17) is 0 Å². The number of fused-ring (bicyclic) bond motifs is 2. The van der Waals surface area contributed by atoms with Crippen LogP contribution in [0.4, 0.5) is 0 Å². The van der Waals surface area contributed by atoms with Crippen molar-refractivity contribution in [2.75, 3.05) is 13.1 Å². The number of nitrogens with one attached hydrogen (secondary N) is 1. The van der Waals surface area contributed by atoms with Gasteiger partial charge in [0.05, 0.1) is 21.6 Å². The number of hydrogen-bond acceptors (Lipinski definition) is 6. The number of benzene rings is 1. The van der Waals surface area contributed by atoms with E-state index in [-0.39, 0.29) is 17.9 Å². The standard InChI is InChI=1S/C26H27N5O2S2/c1-13-6-5-7-17(8-13)23-21(29-16(4)35-23)25(33)30-12-18-9-19(18)20(30)10-27-24(32)22-15(3)28-26-31(22)11-14(2)34-26/h5-8,11,18-20H,9-10,12H2,1-4H3,(H,27,32)/t18-,19-,20+/m0/s1. The molecule has 6 rings (SSSR count). The van der Waals surface area contributed by atoms with Crippen LogP contribution in [0.5, 0.6) is 0 Å². The van der Waals surface area contributed by atoms with Crippen LogP contribution in [0.25, 0.3) is 15.4 Å². The van der Waals surface area contributed by atoms with Crippen LogP contribution in [0.1, 0.15) is 48.5 Å². The van der Waals surface area contributed by atoms with Gasteiger partial charge in [-0.05, 0) is 51.5 Å². The second kappa shape index (κ2) is 8.27. The zero-order valence-electron chi connectivity index (χ0n) is 20.2. The number of rotatable bonds is 5. The number of aryl methyl sites for hydroxylation is 4. The number of thiazole rings is 2. The smallest absolute Gasteiger partial charge is 0.274 e. The Hall–Kier alpha value is -3.04. The first-order chi connectivity index (χ1) is 16.8. The van der Waals surface area contributed by atoms with Gasteiger partial charge in [-0.1, -0.05) is 29.8 Å². The van der Waals surface area contributed by atoms with Crippen LogP contribution < -0.4 is 5.32 Å². The normalized spacial score (nSPS) is 20.9. The highest BCUT2D eigenvalue weighted by atomic mass is 32.1. The largest absolute Gasteiger partial charge is 0.349 e. The summed E-state index contributed by atoms with van der Waals surface area (Å²) in [7, 11) is 0. The molecule has 4 aromatic rings. The molecule has 1 aliphatic heterocycles. The highest BCUT2D eigenvalue weighted by Gasteiger charge is 2.54. The zero-order chi connectivity index (χ0) is 24.4. The van der Waals surface area contributed by atoms with Crippen molar-refractivity contribution in [3.63, 3.8) is 0 Å². The third kappa shape index (κ3) is 3.87. The van der Waals surface area contributed by atoms with Crippen molar-refractivity contribution < 1.29 is 9.59 Å². The lowest BCUT2D eigenvalue weighted by atomic mass is 10.1. The van der Waals surface area contributed by atoms with Crippen LogP contribution in [0.15, 0.2) is 30.5 Å². The van der Waals surface area contributed by atoms with Gasteiger partial charge < -0.3 is 10.2 Å². The maximum absolute atomic E-state index is 13.8. The summed E-state index contributed by atoms with van der Waals surface area (Å²) < 4.78 is 1.87.